The summed E-state index contributed by atoms with van der Waals surface area (Å²) in [7, 11) is 0. The van der Waals surface area contributed by atoms with Crippen LogP contribution in [0.3, 0.4) is 0 Å². The van der Waals surface area contributed by atoms with Gasteiger partial charge >= 0.3 is 0 Å². The Kier molecular flexibility index (Phi) is 6.65. The maximum absolute atomic E-state index is 10.9. The molecule has 30 heavy (non-hydrogen) atoms. The van der Waals surface area contributed by atoms with E-state index in [2.05, 4.69) is 50.8 Å². The highest BCUT2D eigenvalue weighted by atomic mass is 16.5. The Morgan fingerprint density at radius 1 is 1.00 bits per heavy atom. The molecular weight excluding hydrogens is 376 g/mol. The monoisotopic (exact) mass is 404 g/mol. The van der Waals surface area contributed by atoms with E-state index in [-0.39, 0.29) is 6.10 Å². The van der Waals surface area contributed by atoms with Crippen LogP contribution in [-0.4, -0.2) is 53.1 Å². The molecule has 1 aromatic heterocycles. The number of hydrogen-bond acceptors (Lipinski definition) is 4. The summed E-state index contributed by atoms with van der Waals surface area (Å²) in [4.78, 5) is 19.2. The van der Waals surface area contributed by atoms with Crippen molar-refractivity contribution in [3.8, 4) is 5.75 Å². The number of rotatable bonds is 9. The van der Waals surface area contributed by atoms with Crippen molar-refractivity contribution in [2.24, 2.45) is 0 Å². The van der Waals surface area contributed by atoms with Gasteiger partial charge in [-0.25, -0.2) is 4.98 Å². The second-order valence-electron chi connectivity index (χ2n) is 7.65. The minimum atomic E-state index is 0.0568. The number of carbonyl (C=O) groups excluding carboxylic acids is 1. The first-order valence-electron chi connectivity index (χ1n) is 10.5. The average Bonchev–Trinajstić information content (AvgIpc) is 3.32. The molecule has 1 atom stereocenters. The Balaban J connectivity index is 1.38. The molecule has 1 aliphatic heterocycles. The number of nitrogens with zero attached hydrogens (tertiary/aromatic N) is 4. The maximum atomic E-state index is 10.9. The van der Waals surface area contributed by atoms with E-state index in [0.29, 0.717) is 0 Å². The molecule has 6 heteroatoms. The van der Waals surface area contributed by atoms with Crippen LogP contribution in [0.4, 0.5) is 5.69 Å². The normalized spacial score (nSPS) is 15.1. The van der Waals surface area contributed by atoms with E-state index in [1.165, 1.54) is 11.3 Å². The second-order valence-corrected chi connectivity index (χ2v) is 7.65. The molecule has 1 aliphatic rings. The summed E-state index contributed by atoms with van der Waals surface area (Å²) < 4.78 is 8.43. The first-order chi connectivity index (χ1) is 14.8. The van der Waals surface area contributed by atoms with Gasteiger partial charge in [0.2, 0.25) is 6.41 Å². The number of aromatic nitrogens is 2. The van der Waals surface area contributed by atoms with Crippen molar-refractivity contribution in [1.29, 1.82) is 0 Å². The van der Waals surface area contributed by atoms with Gasteiger partial charge in [-0.1, -0.05) is 30.3 Å². The molecule has 0 bridgehead atoms. The van der Waals surface area contributed by atoms with Crippen LogP contribution in [0.15, 0.2) is 73.3 Å². The van der Waals surface area contributed by atoms with E-state index >= 15 is 0 Å². The van der Waals surface area contributed by atoms with Crippen LogP contribution >= 0.6 is 0 Å². The molecule has 6 nitrogen and oxygen atoms in total. The molecule has 156 valence electrons. The molecule has 0 saturated carbocycles. The van der Waals surface area contributed by atoms with E-state index in [1.54, 1.807) is 6.20 Å². The van der Waals surface area contributed by atoms with Crippen molar-refractivity contribution in [2.45, 2.75) is 25.5 Å². The number of anilines is 1. The molecule has 3 aromatic rings. The molecule has 4 rings (SSSR count). The third-order valence-electron chi connectivity index (χ3n) is 5.54. The summed E-state index contributed by atoms with van der Waals surface area (Å²) in [5.74, 6) is 0.878. The predicted octanol–water partition coefficient (Wildman–Crippen LogP) is 3.24. The summed E-state index contributed by atoms with van der Waals surface area (Å²) in [5.41, 5.74) is 2.49. The Hall–Kier alpha value is -3.28. The highest BCUT2D eigenvalue weighted by Crippen LogP contribution is 2.22. The van der Waals surface area contributed by atoms with Gasteiger partial charge in [0.1, 0.15) is 11.9 Å². The van der Waals surface area contributed by atoms with Gasteiger partial charge in [-0.05, 0) is 42.7 Å². The lowest BCUT2D eigenvalue weighted by atomic mass is 10.1. The fourth-order valence-corrected chi connectivity index (χ4v) is 3.80. The van der Waals surface area contributed by atoms with Gasteiger partial charge in [0.05, 0.1) is 12.9 Å². The Morgan fingerprint density at radius 3 is 2.43 bits per heavy atom. The zero-order valence-corrected chi connectivity index (χ0v) is 17.1. The summed E-state index contributed by atoms with van der Waals surface area (Å²) >= 11 is 0. The number of carbonyl (C=O) groups is 1. The van der Waals surface area contributed by atoms with Gasteiger partial charge in [0.25, 0.3) is 0 Å². The number of hydrogen-bond donors (Lipinski definition) is 0. The molecule has 1 amide bonds. The molecule has 0 radical (unpaired) electrons. The van der Waals surface area contributed by atoms with Crippen LogP contribution in [0.25, 0.3) is 0 Å². The van der Waals surface area contributed by atoms with Crippen molar-refractivity contribution < 1.29 is 9.53 Å². The summed E-state index contributed by atoms with van der Waals surface area (Å²) in [5, 5.41) is 0. The van der Waals surface area contributed by atoms with E-state index in [1.807, 2.05) is 35.6 Å². The summed E-state index contributed by atoms with van der Waals surface area (Å²) in [6.45, 7) is 4.03. The van der Waals surface area contributed by atoms with Crippen molar-refractivity contribution in [1.82, 2.24) is 14.5 Å². The SMILES string of the molecule is O=CN1CCN(c2ccc(OC(CCc3ccccc3)Cn3ccnc3)cc2)CC1. The molecule has 1 fully saturated rings. The molecule has 2 aromatic carbocycles. The van der Waals surface area contributed by atoms with E-state index in [9.17, 15) is 4.79 Å². The number of aryl methyl sites for hydroxylation is 1. The number of ether oxygens (including phenoxy) is 1. The number of amides is 1. The highest BCUT2D eigenvalue weighted by molar-refractivity contribution is 5.52. The van der Waals surface area contributed by atoms with Crippen molar-refractivity contribution in [3.63, 3.8) is 0 Å². The highest BCUT2D eigenvalue weighted by Gasteiger charge is 2.16. The van der Waals surface area contributed by atoms with Crippen LogP contribution in [-0.2, 0) is 17.8 Å². The first kappa shape index (κ1) is 20.0. The van der Waals surface area contributed by atoms with Crippen LogP contribution in [0.1, 0.15) is 12.0 Å². The standard InChI is InChI=1S/C24H28N4O2/c29-20-26-14-16-28(17-15-26)22-7-10-23(11-8-22)30-24(18-27-13-12-25-19-27)9-6-21-4-2-1-3-5-21/h1-5,7-8,10-13,19-20,24H,6,9,14-18H2. The van der Waals surface area contributed by atoms with Crippen molar-refractivity contribution in [2.75, 3.05) is 31.1 Å². The fourth-order valence-electron chi connectivity index (χ4n) is 3.80. The Morgan fingerprint density at radius 2 is 1.77 bits per heavy atom. The minimum absolute atomic E-state index is 0.0568. The maximum Gasteiger partial charge on any atom is 0.209 e. The second kappa shape index (κ2) is 9.96. The molecule has 1 unspecified atom stereocenters. The third-order valence-corrected chi connectivity index (χ3v) is 5.54. The largest absolute Gasteiger partial charge is 0.489 e. The third kappa shape index (κ3) is 5.41. The zero-order chi connectivity index (χ0) is 20.6. The smallest absolute Gasteiger partial charge is 0.209 e. The molecule has 2 heterocycles. The average molecular weight is 405 g/mol. The number of piperazine rings is 1. The number of imidazole rings is 1. The van der Waals surface area contributed by atoms with E-state index < -0.39 is 0 Å². The summed E-state index contributed by atoms with van der Waals surface area (Å²) in [6, 6.07) is 18.8. The van der Waals surface area contributed by atoms with Gasteiger partial charge in [0.15, 0.2) is 0 Å². The Labute approximate surface area is 177 Å². The van der Waals surface area contributed by atoms with Gasteiger partial charge in [-0.3, -0.25) is 4.79 Å². The minimum Gasteiger partial charge on any atom is -0.489 e. The Bertz CT molecular complexity index is 889. The van der Waals surface area contributed by atoms with Crippen molar-refractivity contribution >= 4 is 12.1 Å². The van der Waals surface area contributed by atoms with Crippen molar-refractivity contribution in [3.05, 3.63) is 78.9 Å². The molecular formula is C24H28N4O2. The molecule has 0 spiro atoms. The lowest BCUT2D eigenvalue weighted by Gasteiger charge is -2.34. The first-order valence-corrected chi connectivity index (χ1v) is 10.5. The van der Waals surface area contributed by atoms with Gasteiger partial charge in [0, 0.05) is 44.3 Å². The van der Waals surface area contributed by atoms with Gasteiger partial charge < -0.3 is 19.1 Å². The van der Waals surface area contributed by atoms with Gasteiger partial charge in [-0.2, -0.15) is 0 Å². The van der Waals surface area contributed by atoms with E-state index in [0.717, 1.165) is 57.7 Å². The molecule has 1 saturated heterocycles. The van der Waals surface area contributed by atoms with Crippen LogP contribution in [0.2, 0.25) is 0 Å². The van der Waals surface area contributed by atoms with E-state index in [4.69, 9.17) is 4.74 Å². The molecule has 0 N–H and O–H groups in total. The fraction of sp³-hybridized carbons (Fsp3) is 0.333. The summed E-state index contributed by atoms with van der Waals surface area (Å²) in [6.07, 6.45) is 8.50. The quantitative estimate of drug-likeness (QED) is 0.514. The van der Waals surface area contributed by atoms with Crippen LogP contribution in [0.5, 0.6) is 5.75 Å². The predicted molar refractivity (Wildman–Crippen MR) is 118 cm³/mol. The number of benzene rings is 2. The lowest BCUT2D eigenvalue weighted by Crippen LogP contribution is -2.45. The topological polar surface area (TPSA) is 50.6 Å². The van der Waals surface area contributed by atoms with Gasteiger partial charge in [-0.15, -0.1) is 0 Å². The van der Waals surface area contributed by atoms with Crippen LogP contribution < -0.4 is 9.64 Å². The zero-order valence-electron chi connectivity index (χ0n) is 17.1. The molecule has 0 aliphatic carbocycles. The lowest BCUT2D eigenvalue weighted by molar-refractivity contribution is -0.118. The van der Waals surface area contributed by atoms with Crippen LogP contribution in [0, 0.1) is 0 Å².